The summed E-state index contributed by atoms with van der Waals surface area (Å²) in [5.74, 6) is 0. The molecule has 16 heavy (non-hydrogen) atoms. The second-order valence-corrected chi connectivity index (χ2v) is 6.44. The Bertz CT molecular complexity index is 258. The molecule has 1 aliphatic rings. The van der Waals surface area contributed by atoms with E-state index in [4.69, 9.17) is 0 Å². The Hall–Kier alpha value is -0.100. The summed E-state index contributed by atoms with van der Waals surface area (Å²) in [6.45, 7) is 5.20. The van der Waals surface area contributed by atoms with Gasteiger partial charge in [-0.25, -0.2) is 0 Å². The third kappa shape index (κ3) is 3.73. The molecule has 0 aromatic rings. The number of allylic oxidation sites excluding steroid dienone is 1. The number of likely N-dealkylation sites (tertiary alicyclic amines) is 1. The van der Waals surface area contributed by atoms with Crippen LogP contribution < -0.4 is 5.32 Å². The molecule has 3 nitrogen and oxygen atoms in total. The van der Waals surface area contributed by atoms with Gasteiger partial charge in [-0.3, -0.25) is 4.79 Å². The molecule has 0 spiro atoms. The Morgan fingerprint density at radius 1 is 1.50 bits per heavy atom. The van der Waals surface area contributed by atoms with Crippen LogP contribution in [0.4, 0.5) is 0 Å². The van der Waals surface area contributed by atoms with E-state index in [0.29, 0.717) is 9.97 Å². The highest BCUT2D eigenvalue weighted by molar-refractivity contribution is 14.1. The zero-order valence-corrected chi connectivity index (χ0v) is 12.3. The zero-order chi connectivity index (χ0) is 12.0. The molecule has 1 saturated heterocycles. The average molecular weight is 336 g/mol. The number of carbonyl (C=O) groups is 1. The monoisotopic (exact) mass is 336 g/mol. The number of piperidine rings is 1. The highest BCUT2D eigenvalue weighted by Gasteiger charge is 2.33. The third-order valence-electron chi connectivity index (χ3n) is 3.29. The van der Waals surface area contributed by atoms with Gasteiger partial charge in [0.15, 0.2) is 0 Å². The Balaban J connectivity index is 2.63. The molecule has 0 aromatic heterocycles. The average Bonchev–Trinajstić information content (AvgIpc) is 2.29. The quantitative estimate of drug-likeness (QED) is 0.274. The molecule has 1 fully saturated rings. The van der Waals surface area contributed by atoms with Gasteiger partial charge >= 0.3 is 0 Å². The van der Waals surface area contributed by atoms with E-state index in [-0.39, 0.29) is 0 Å². The summed E-state index contributed by atoms with van der Waals surface area (Å²) in [5, 5.41) is 2.71. The van der Waals surface area contributed by atoms with Crippen molar-refractivity contribution in [3.63, 3.8) is 0 Å². The van der Waals surface area contributed by atoms with Crippen LogP contribution in [0.3, 0.4) is 0 Å². The van der Waals surface area contributed by atoms with Gasteiger partial charge in [-0.2, -0.15) is 0 Å². The van der Waals surface area contributed by atoms with Crippen molar-refractivity contribution in [2.45, 2.75) is 29.6 Å². The van der Waals surface area contributed by atoms with Crippen molar-refractivity contribution < 1.29 is 4.79 Å². The molecule has 0 aliphatic carbocycles. The fourth-order valence-electron chi connectivity index (χ4n) is 2.17. The number of amides is 1. The van der Waals surface area contributed by atoms with Gasteiger partial charge in [0.2, 0.25) is 6.41 Å². The number of nitrogens with one attached hydrogen (secondary N) is 1. The number of rotatable bonds is 5. The molecule has 0 aromatic carbocycles. The molecule has 1 N–H and O–H groups in total. The molecule has 1 aliphatic heterocycles. The second-order valence-electron chi connectivity index (χ2n) is 4.38. The van der Waals surface area contributed by atoms with Crippen molar-refractivity contribution in [1.82, 2.24) is 10.2 Å². The predicted octanol–water partition coefficient (Wildman–Crippen LogP) is 1.97. The van der Waals surface area contributed by atoms with E-state index < -0.39 is 0 Å². The molecule has 0 atom stereocenters. The van der Waals surface area contributed by atoms with Crippen LogP contribution in [-0.4, -0.2) is 41.4 Å². The smallest absolute Gasteiger partial charge is 0.207 e. The van der Waals surface area contributed by atoms with E-state index in [0.717, 1.165) is 12.8 Å². The van der Waals surface area contributed by atoms with Crippen LogP contribution in [-0.2, 0) is 4.79 Å². The molecule has 0 radical (unpaired) electrons. The largest absolute Gasteiger partial charge is 0.355 e. The van der Waals surface area contributed by atoms with Crippen LogP contribution >= 0.6 is 22.6 Å². The minimum atomic E-state index is 0.309. The lowest BCUT2D eigenvalue weighted by Gasteiger charge is -2.38. The number of nitrogens with zero attached hydrogens (tertiary/aromatic N) is 1. The normalized spacial score (nSPS) is 21.8. The lowest BCUT2D eigenvalue weighted by atomic mass is 9.87. The van der Waals surface area contributed by atoms with E-state index in [9.17, 15) is 4.79 Å². The summed E-state index contributed by atoms with van der Waals surface area (Å²) >= 11 is 2.60. The van der Waals surface area contributed by atoms with E-state index in [2.05, 4.69) is 52.9 Å². The van der Waals surface area contributed by atoms with Gasteiger partial charge in [0.25, 0.3) is 0 Å². The van der Waals surface area contributed by atoms with Gasteiger partial charge in [0.05, 0.1) is 0 Å². The van der Waals surface area contributed by atoms with Gasteiger partial charge in [-0.05, 0) is 39.4 Å². The van der Waals surface area contributed by atoms with Crippen molar-refractivity contribution >= 4 is 29.0 Å². The lowest BCUT2D eigenvalue weighted by molar-refractivity contribution is -0.109. The maximum absolute atomic E-state index is 10.2. The summed E-state index contributed by atoms with van der Waals surface area (Å²) < 4.78 is 0.309. The summed E-state index contributed by atoms with van der Waals surface area (Å²) in [7, 11) is 2.18. The van der Waals surface area contributed by atoms with Crippen molar-refractivity contribution in [2.75, 3.05) is 26.7 Å². The fraction of sp³-hybridized carbons (Fsp3) is 0.750. The van der Waals surface area contributed by atoms with Crippen molar-refractivity contribution in [3.05, 3.63) is 11.6 Å². The topological polar surface area (TPSA) is 32.3 Å². The second kappa shape index (κ2) is 6.59. The predicted molar refractivity (Wildman–Crippen MR) is 75.9 cm³/mol. The highest BCUT2D eigenvalue weighted by atomic mass is 127. The van der Waals surface area contributed by atoms with Crippen molar-refractivity contribution in [1.29, 1.82) is 0 Å². The fourth-order valence-corrected chi connectivity index (χ4v) is 3.25. The van der Waals surface area contributed by atoms with Crippen LogP contribution in [0.25, 0.3) is 0 Å². The molecule has 0 unspecified atom stereocenters. The van der Waals surface area contributed by atoms with Crippen LogP contribution in [0, 0.1) is 0 Å². The molecule has 1 heterocycles. The Kier molecular flexibility index (Phi) is 5.75. The number of alkyl halides is 1. The Morgan fingerprint density at radius 2 is 2.12 bits per heavy atom. The summed E-state index contributed by atoms with van der Waals surface area (Å²) in [4.78, 5) is 12.6. The molecule has 1 rings (SSSR count). The van der Waals surface area contributed by atoms with Crippen LogP contribution in [0.15, 0.2) is 11.6 Å². The van der Waals surface area contributed by atoms with Gasteiger partial charge in [-0.15, -0.1) is 0 Å². The van der Waals surface area contributed by atoms with E-state index in [1.807, 2.05) is 0 Å². The molecule has 4 heteroatoms. The summed E-state index contributed by atoms with van der Waals surface area (Å²) in [6.07, 6.45) is 6.45. The van der Waals surface area contributed by atoms with E-state index in [1.54, 1.807) is 0 Å². The maximum Gasteiger partial charge on any atom is 0.207 e. The first-order chi connectivity index (χ1) is 7.62. The first kappa shape index (κ1) is 14.0. The third-order valence-corrected chi connectivity index (χ3v) is 5.06. The zero-order valence-electron chi connectivity index (χ0n) is 10.1. The Morgan fingerprint density at radius 3 is 2.62 bits per heavy atom. The molecular weight excluding hydrogens is 315 g/mol. The van der Waals surface area contributed by atoms with E-state index >= 15 is 0 Å². The van der Waals surface area contributed by atoms with Crippen LogP contribution in [0.5, 0.6) is 0 Å². The first-order valence-electron chi connectivity index (χ1n) is 5.86. The SMILES string of the molecule is CC/C(=C\CNC=O)C1(I)CCN(C)CC1. The van der Waals surface area contributed by atoms with Crippen molar-refractivity contribution in [3.8, 4) is 0 Å². The van der Waals surface area contributed by atoms with Gasteiger partial charge in [-0.1, -0.05) is 41.2 Å². The Labute approximate surface area is 112 Å². The van der Waals surface area contributed by atoms with Gasteiger partial charge in [0, 0.05) is 9.97 Å². The van der Waals surface area contributed by atoms with Crippen LogP contribution in [0.2, 0.25) is 0 Å². The molecule has 92 valence electrons. The van der Waals surface area contributed by atoms with Gasteiger partial charge in [0.1, 0.15) is 0 Å². The van der Waals surface area contributed by atoms with Crippen LogP contribution in [0.1, 0.15) is 26.2 Å². The minimum Gasteiger partial charge on any atom is -0.355 e. The molecule has 0 bridgehead atoms. The van der Waals surface area contributed by atoms with Gasteiger partial charge < -0.3 is 10.2 Å². The van der Waals surface area contributed by atoms with Crippen molar-refractivity contribution in [2.24, 2.45) is 0 Å². The van der Waals surface area contributed by atoms with E-state index in [1.165, 1.54) is 31.5 Å². The maximum atomic E-state index is 10.2. The number of halogens is 1. The summed E-state index contributed by atoms with van der Waals surface area (Å²) in [5.41, 5.74) is 1.48. The summed E-state index contributed by atoms with van der Waals surface area (Å²) in [6, 6.07) is 0. The lowest BCUT2D eigenvalue weighted by Crippen LogP contribution is -2.40. The molecular formula is C12H21IN2O. The molecule has 0 saturated carbocycles. The minimum absolute atomic E-state index is 0.309. The number of hydrogen-bond acceptors (Lipinski definition) is 2. The first-order valence-corrected chi connectivity index (χ1v) is 6.94. The molecule has 1 amide bonds. The highest BCUT2D eigenvalue weighted by Crippen LogP contribution is 2.39. The standard InChI is InChI=1S/C12H21IN2O/c1-3-11(4-7-14-10-16)12(13)5-8-15(2)9-6-12/h4,10H,3,5-9H2,1-2H3,(H,14,16)/b11-4+. The number of carbonyl (C=O) groups excluding carboxylic acids is 1. The number of hydrogen-bond donors (Lipinski definition) is 1.